The van der Waals surface area contributed by atoms with Crippen molar-refractivity contribution in [2.75, 3.05) is 13.2 Å². The van der Waals surface area contributed by atoms with Crippen LogP contribution in [0.25, 0.3) is 0 Å². The molecule has 0 saturated heterocycles. The van der Waals surface area contributed by atoms with E-state index in [1.165, 1.54) is 37.7 Å². The summed E-state index contributed by atoms with van der Waals surface area (Å²) >= 11 is 0. The van der Waals surface area contributed by atoms with Crippen LogP contribution in [0.15, 0.2) is 48.5 Å². The van der Waals surface area contributed by atoms with Crippen LogP contribution < -0.4 is 9.47 Å². The minimum absolute atomic E-state index is 0.616. The molecule has 1 aliphatic rings. The van der Waals surface area contributed by atoms with E-state index in [1.54, 1.807) is 12.1 Å². The van der Waals surface area contributed by atoms with Crippen molar-refractivity contribution in [1.82, 2.24) is 0 Å². The zero-order valence-electron chi connectivity index (χ0n) is 16.2. The number of hydrogen-bond donors (Lipinski definition) is 0. The molecule has 2 aromatic rings. The number of nitriles is 1. The van der Waals surface area contributed by atoms with Gasteiger partial charge in [0.1, 0.15) is 11.5 Å². The van der Waals surface area contributed by atoms with Gasteiger partial charge in [0.15, 0.2) is 0 Å². The third kappa shape index (κ3) is 6.03. The minimum atomic E-state index is 0.616. The van der Waals surface area contributed by atoms with Crippen molar-refractivity contribution in [1.29, 1.82) is 5.26 Å². The van der Waals surface area contributed by atoms with Crippen LogP contribution in [0.1, 0.15) is 50.2 Å². The van der Waals surface area contributed by atoms with E-state index in [9.17, 15) is 0 Å². The molecule has 0 radical (unpaired) electrons. The third-order valence-electron chi connectivity index (χ3n) is 5.38. The van der Waals surface area contributed by atoms with Crippen LogP contribution in [-0.2, 0) is 6.42 Å². The molecule has 0 N–H and O–H groups in total. The standard InChI is InChI=1S/C24H29NO2/c1-2-3-19-8-12-23(13-9-19)26-17-21-4-6-22(7-5-21)18-27-24-14-10-20(16-25)11-15-24/h8-15,21-22H,2-7,17-18H2,1H3. The lowest BCUT2D eigenvalue weighted by molar-refractivity contribution is 0.148. The van der Waals surface area contributed by atoms with E-state index in [0.717, 1.165) is 31.1 Å². The molecule has 0 aromatic heterocycles. The van der Waals surface area contributed by atoms with Gasteiger partial charge in [0.25, 0.3) is 0 Å². The summed E-state index contributed by atoms with van der Waals surface area (Å²) in [4.78, 5) is 0. The normalized spacial score (nSPS) is 19.3. The molecule has 3 heteroatoms. The molecule has 27 heavy (non-hydrogen) atoms. The zero-order chi connectivity index (χ0) is 18.9. The van der Waals surface area contributed by atoms with Crippen LogP contribution in [0, 0.1) is 23.2 Å². The van der Waals surface area contributed by atoms with Gasteiger partial charge in [-0.15, -0.1) is 0 Å². The Morgan fingerprint density at radius 1 is 0.815 bits per heavy atom. The van der Waals surface area contributed by atoms with Gasteiger partial charge in [-0.1, -0.05) is 25.5 Å². The first-order valence-corrected chi connectivity index (χ1v) is 10.1. The topological polar surface area (TPSA) is 42.2 Å². The van der Waals surface area contributed by atoms with E-state index in [1.807, 2.05) is 12.1 Å². The number of nitrogens with zero attached hydrogens (tertiary/aromatic N) is 1. The summed E-state index contributed by atoms with van der Waals surface area (Å²) in [6, 6.07) is 18.0. The first-order valence-electron chi connectivity index (χ1n) is 10.1. The minimum Gasteiger partial charge on any atom is -0.493 e. The fourth-order valence-corrected chi connectivity index (χ4v) is 3.66. The summed E-state index contributed by atoms with van der Waals surface area (Å²) < 4.78 is 11.9. The van der Waals surface area contributed by atoms with E-state index in [4.69, 9.17) is 14.7 Å². The lowest BCUT2D eigenvalue weighted by Crippen LogP contribution is -2.23. The molecule has 0 amide bonds. The Bertz CT molecular complexity index is 722. The van der Waals surface area contributed by atoms with Gasteiger partial charge in [0.2, 0.25) is 0 Å². The molecule has 0 bridgehead atoms. The smallest absolute Gasteiger partial charge is 0.119 e. The van der Waals surface area contributed by atoms with Crippen LogP contribution >= 0.6 is 0 Å². The summed E-state index contributed by atoms with van der Waals surface area (Å²) in [5.41, 5.74) is 2.05. The SMILES string of the molecule is CCCc1ccc(OCC2CCC(COc3ccc(C#N)cc3)CC2)cc1. The highest BCUT2D eigenvalue weighted by atomic mass is 16.5. The van der Waals surface area contributed by atoms with E-state index in [0.29, 0.717) is 17.4 Å². The average Bonchev–Trinajstić information content (AvgIpc) is 2.73. The van der Waals surface area contributed by atoms with Crippen LogP contribution in [0.3, 0.4) is 0 Å². The molecule has 0 heterocycles. The summed E-state index contributed by atoms with van der Waals surface area (Å²) in [7, 11) is 0. The van der Waals surface area contributed by atoms with Gasteiger partial charge >= 0.3 is 0 Å². The Morgan fingerprint density at radius 2 is 1.30 bits per heavy atom. The first-order chi connectivity index (χ1) is 13.3. The second-order valence-electron chi connectivity index (χ2n) is 7.54. The quantitative estimate of drug-likeness (QED) is 0.597. The molecule has 3 rings (SSSR count). The second-order valence-corrected chi connectivity index (χ2v) is 7.54. The average molecular weight is 364 g/mol. The third-order valence-corrected chi connectivity index (χ3v) is 5.38. The lowest BCUT2D eigenvalue weighted by Gasteiger charge is -2.28. The van der Waals surface area contributed by atoms with Crippen molar-refractivity contribution < 1.29 is 9.47 Å². The Morgan fingerprint density at radius 3 is 1.74 bits per heavy atom. The summed E-state index contributed by atoms with van der Waals surface area (Å²) in [5.74, 6) is 3.10. The van der Waals surface area contributed by atoms with Crippen LogP contribution in [-0.4, -0.2) is 13.2 Å². The molecular weight excluding hydrogens is 334 g/mol. The highest BCUT2D eigenvalue weighted by Crippen LogP contribution is 2.30. The molecule has 0 atom stereocenters. The largest absolute Gasteiger partial charge is 0.493 e. The van der Waals surface area contributed by atoms with Crippen molar-refractivity contribution in [2.24, 2.45) is 11.8 Å². The highest BCUT2D eigenvalue weighted by molar-refractivity contribution is 5.34. The summed E-state index contributed by atoms with van der Waals surface area (Å²) in [5, 5.41) is 8.84. The number of benzene rings is 2. The maximum absolute atomic E-state index is 8.84. The summed E-state index contributed by atoms with van der Waals surface area (Å²) in [6.45, 7) is 3.78. The predicted octanol–water partition coefficient (Wildman–Crippen LogP) is 5.77. The summed E-state index contributed by atoms with van der Waals surface area (Å²) in [6.07, 6.45) is 7.11. The highest BCUT2D eigenvalue weighted by Gasteiger charge is 2.22. The van der Waals surface area contributed by atoms with Crippen molar-refractivity contribution in [3.05, 3.63) is 59.7 Å². The van der Waals surface area contributed by atoms with Gasteiger partial charge in [-0.05, 0) is 85.9 Å². The molecule has 0 aliphatic heterocycles. The zero-order valence-corrected chi connectivity index (χ0v) is 16.2. The van der Waals surface area contributed by atoms with Crippen LogP contribution in [0.5, 0.6) is 11.5 Å². The van der Waals surface area contributed by atoms with Gasteiger partial charge in [-0.3, -0.25) is 0 Å². The van der Waals surface area contributed by atoms with E-state index < -0.39 is 0 Å². The Hall–Kier alpha value is -2.47. The molecule has 0 spiro atoms. The monoisotopic (exact) mass is 363 g/mol. The van der Waals surface area contributed by atoms with Crippen molar-refractivity contribution in [3.8, 4) is 17.6 Å². The number of rotatable bonds is 8. The Balaban J connectivity index is 1.35. The fourth-order valence-electron chi connectivity index (χ4n) is 3.66. The lowest BCUT2D eigenvalue weighted by atomic mass is 9.83. The van der Waals surface area contributed by atoms with Gasteiger partial charge < -0.3 is 9.47 Å². The Labute approximate surface area is 162 Å². The number of hydrogen-bond acceptors (Lipinski definition) is 3. The molecular formula is C24H29NO2. The maximum atomic E-state index is 8.84. The molecule has 142 valence electrons. The number of ether oxygens (including phenoxy) is 2. The van der Waals surface area contributed by atoms with Crippen molar-refractivity contribution in [2.45, 2.75) is 45.4 Å². The second kappa shape index (κ2) is 10.0. The van der Waals surface area contributed by atoms with E-state index in [-0.39, 0.29) is 0 Å². The molecule has 1 fully saturated rings. The molecule has 1 saturated carbocycles. The molecule has 2 aromatic carbocycles. The van der Waals surface area contributed by atoms with Gasteiger partial charge in [-0.25, -0.2) is 0 Å². The maximum Gasteiger partial charge on any atom is 0.119 e. The molecule has 0 unspecified atom stereocenters. The van der Waals surface area contributed by atoms with Gasteiger partial charge in [0, 0.05) is 0 Å². The van der Waals surface area contributed by atoms with E-state index in [2.05, 4.69) is 37.3 Å². The fraction of sp³-hybridized carbons (Fsp3) is 0.458. The Kier molecular flexibility index (Phi) is 7.16. The first kappa shape index (κ1) is 19.3. The number of aryl methyl sites for hydroxylation is 1. The predicted molar refractivity (Wildman–Crippen MR) is 108 cm³/mol. The van der Waals surface area contributed by atoms with Crippen LogP contribution in [0.4, 0.5) is 0 Å². The van der Waals surface area contributed by atoms with Gasteiger partial charge in [-0.2, -0.15) is 5.26 Å². The van der Waals surface area contributed by atoms with Crippen LogP contribution in [0.2, 0.25) is 0 Å². The van der Waals surface area contributed by atoms with Gasteiger partial charge in [0.05, 0.1) is 24.8 Å². The van der Waals surface area contributed by atoms with E-state index >= 15 is 0 Å². The van der Waals surface area contributed by atoms with Crippen molar-refractivity contribution in [3.63, 3.8) is 0 Å². The molecule has 1 aliphatic carbocycles. The molecule has 3 nitrogen and oxygen atoms in total. The van der Waals surface area contributed by atoms with Crippen molar-refractivity contribution >= 4 is 0 Å².